The average molecular weight is 320 g/mol. The smallest absolute Gasteiger partial charge is 0.171 e. The summed E-state index contributed by atoms with van der Waals surface area (Å²) in [6.45, 7) is 1.73. The minimum absolute atomic E-state index is 0.345. The van der Waals surface area contributed by atoms with E-state index in [1.807, 2.05) is 13.1 Å². The third-order valence-electron chi connectivity index (χ3n) is 3.74. The van der Waals surface area contributed by atoms with E-state index in [2.05, 4.69) is 35.5 Å². The highest BCUT2D eigenvalue weighted by molar-refractivity contribution is 6.31. The van der Waals surface area contributed by atoms with Gasteiger partial charge in [-0.1, -0.05) is 11.6 Å². The largest absolute Gasteiger partial charge is 0.373 e. The topological polar surface area (TPSA) is 78.9 Å². The Kier molecular flexibility index (Phi) is 4.53. The van der Waals surface area contributed by atoms with Crippen LogP contribution in [0.15, 0.2) is 24.8 Å². The van der Waals surface area contributed by atoms with Crippen LogP contribution in [-0.2, 0) is 0 Å². The Bertz CT molecular complexity index is 636. The van der Waals surface area contributed by atoms with Crippen molar-refractivity contribution < 1.29 is 0 Å². The van der Waals surface area contributed by atoms with E-state index < -0.39 is 0 Å². The molecule has 0 spiro atoms. The van der Waals surface area contributed by atoms with Crippen molar-refractivity contribution in [3.63, 3.8) is 0 Å². The van der Waals surface area contributed by atoms with Crippen molar-refractivity contribution in [3.05, 3.63) is 29.9 Å². The Morgan fingerprint density at radius 2 is 2.14 bits per heavy atom. The first-order valence-electron chi connectivity index (χ1n) is 7.24. The number of hydrogen-bond donors (Lipinski definition) is 2. The van der Waals surface area contributed by atoms with Crippen molar-refractivity contribution >= 4 is 29.1 Å². The van der Waals surface area contributed by atoms with E-state index in [1.54, 1.807) is 18.7 Å². The van der Waals surface area contributed by atoms with Gasteiger partial charge in [-0.15, -0.1) is 0 Å². The molecule has 0 radical (unpaired) electrons. The first kappa shape index (κ1) is 14.8. The van der Waals surface area contributed by atoms with E-state index in [9.17, 15) is 0 Å². The van der Waals surface area contributed by atoms with Crippen LogP contribution in [0, 0.1) is 0 Å². The minimum Gasteiger partial charge on any atom is -0.373 e. The van der Waals surface area contributed by atoms with Crippen LogP contribution >= 0.6 is 11.6 Å². The van der Waals surface area contributed by atoms with E-state index in [0.717, 1.165) is 37.6 Å². The highest BCUT2D eigenvalue weighted by atomic mass is 35.5. The molecule has 1 atom stereocenters. The van der Waals surface area contributed by atoms with Gasteiger partial charge in [0, 0.05) is 44.6 Å². The zero-order valence-electron chi connectivity index (χ0n) is 12.3. The maximum Gasteiger partial charge on any atom is 0.171 e. The summed E-state index contributed by atoms with van der Waals surface area (Å²) in [5.41, 5.74) is 0. The van der Waals surface area contributed by atoms with Crippen molar-refractivity contribution in [2.75, 3.05) is 35.7 Å². The molecule has 3 heterocycles. The lowest BCUT2D eigenvalue weighted by Crippen LogP contribution is -2.35. The third-order valence-corrected chi connectivity index (χ3v) is 4.02. The first-order valence-corrected chi connectivity index (χ1v) is 7.62. The molecule has 1 fully saturated rings. The van der Waals surface area contributed by atoms with Gasteiger partial charge < -0.3 is 15.5 Å². The summed E-state index contributed by atoms with van der Waals surface area (Å²) in [5.74, 6) is 2.38. The minimum atomic E-state index is 0.345. The van der Waals surface area contributed by atoms with Crippen molar-refractivity contribution in [2.45, 2.75) is 18.9 Å². The van der Waals surface area contributed by atoms with Crippen LogP contribution in [0.4, 0.5) is 17.5 Å². The fourth-order valence-corrected chi connectivity index (χ4v) is 2.82. The summed E-state index contributed by atoms with van der Waals surface area (Å²) in [5, 5.41) is 6.71. The average Bonchev–Trinajstić information content (AvgIpc) is 3.03. The molecule has 1 aliphatic rings. The summed E-state index contributed by atoms with van der Waals surface area (Å²) >= 11 is 6.02. The van der Waals surface area contributed by atoms with Crippen LogP contribution in [0.2, 0.25) is 5.15 Å². The molecule has 3 rings (SSSR count). The summed E-state index contributed by atoms with van der Waals surface area (Å²) in [7, 11) is 1.85. The third kappa shape index (κ3) is 3.19. The fourth-order valence-electron chi connectivity index (χ4n) is 2.64. The second-order valence-corrected chi connectivity index (χ2v) is 5.44. The fraction of sp³-hybridized carbons (Fsp3) is 0.429. The van der Waals surface area contributed by atoms with E-state index in [1.165, 1.54) is 0 Å². The maximum atomic E-state index is 6.02. The Hall–Kier alpha value is -2.15. The van der Waals surface area contributed by atoms with Crippen LogP contribution < -0.4 is 15.5 Å². The molecule has 22 heavy (non-hydrogen) atoms. The molecule has 0 bridgehead atoms. The molecule has 2 N–H and O–H groups in total. The standard InChI is InChI=1S/C14H18ClN7/c1-16-11-7-12(21-9-20-11)22-6-2-3-10(22)8-19-14-13(15)17-4-5-18-14/h4-5,7,9-10H,2-3,6,8H2,1H3,(H,18,19)(H,16,20,21). The van der Waals surface area contributed by atoms with E-state index in [0.29, 0.717) is 17.0 Å². The van der Waals surface area contributed by atoms with Gasteiger partial charge in [0.2, 0.25) is 0 Å². The lowest BCUT2D eigenvalue weighted by atomic mass is 10.2. The zero-order chi connectivity index (χ0) is 15.4. The van der Waals surface area contributed by atoms with Gasteiger partial charge in [-0.3, -0.25) is 0 Å². The summed E-state index contributed by atoms with van der Waals surface area (Å²) in [6.07, 6.45) is 7.03. The Morgan fingerprint density at radius 1 is 1.27 bits per heavy atom. The molecule has 0 amide bonds. The van der Waals surface area contributed by atoms with Crippen LogP contribution in [0.5, 0.6) is 0 Å². The second-order valence-electron chi connectivity index (χ2n) is 5.08. The number of halogens is 1. The van der Waals surface area contributed by atoms with Gasteiger partial charge in [-0.05, 0) is 12.8 Å². The molecule has 2 aromatic heterocycles. The van der Waals surface area contributed by atoms with Gasteiger partial charge >= 0.3 is 0 Å². The predicted octanol–water partition coefficient (Wildman–Crippen LogP) is 2.04. The van der Waals surface area contributed by atoms with Crippen molar-refractivity contribution in [3.8, 4) is 0 Å². The lowest BCUT2D eigenvalue weighted by Gasteiger charge is -2.26. The molecule has 1 aliphatic heterocycles. The predicted molar refractivity (Wildman–Crippen MR) is 87.5 cm³/mol. The molecule has 116 valence electrons. The Morgan fingerprint density at radius 3 is 2.95 bits per heavy atom. The van der Waals surface area contributed by atoms with E-state index in [-0.39, 0.29) is 0 Å². The molecular formula is C14H18ClN7. The van der Waals surface area contributed by atoms with Gasteiger partial charge in [0.1, 0.15) is 18.0 Å². The summed E-state index contributed by atoms with van der Waals surface area (Å²) in [4.78, 5) is 19.1. The monoisotopic (exact) mass is 319 g/mol. The van der Waals surface area contributed by atoms with Gasteiger partial charge in [0.25, 0.3) is 0 Å². The highest BCUT2D eigenvalue weighted by Gasteiger charge is 2.26. The molecule has 8 heteroatoms. The van der Waals surface area contributed by atoms with Crippen LogP contribution in [0.3, 0.4) is 0 Å². The van der Waals surface area contributed by atoms with Crippen molar-refractivity contribution in [1.29, 1.82) is 0 Å². The van der Waals surface area contributed by atoms with Gasteiger partial charge in [0.05, 0.1) is 0 Å². The molecular weight excluding hydrogens is 302 g/mol. The lowest BCUT2D eigenvalue weighted by molar-refractivity contribution is 0.688. The van der Waals surface area contributed by atoms with Gasteiger partial charge in [0.15, 0.2) is 11.0 Å². The zero-order valence-corrected chi connectivity index (χ0v) is 13.1. The van der Waals surface area contributed by atoms with Gasteiger partial charge in [-0.25, -0.2) is 19.9 Å². The highest BCUT2D eigenvalue weighted by Crippen LogP contribution is 2.25. The number of nitrogens with zero attached hydrogens (tertiary/aromatic N) is 5. The Labute approximate surface area is 134 Å². The normalized spacial score (nSPS) is 17.5. The first-order chi connectivity index (χ1) is 10.8. The van der Waals surface area contributed by atoms with Crippen LogP contribution in [-0.4, -0.2) is 46.1 Å². The molecule has 0 saturated carbocycles. The number of nitrogens with one attached hydrogen (secondary N) is 2. The van der Waals surface area contributed by atoms with Crippen LogP contribution in [0.1, 0.15) is 12.8 Å². The molecule has 7 nitrogen and oxygen atoms in total. The van der Waals surface area contributed by atoms with Gasteiger partial charge in [-0.2, -0.15) is 0 Å². The quantitative estimate of drug-likeness (QED) is 0.873. The van der Waals surface area contributed by atoms with Crippen molar-refractivity contribution in [2.24, 2.45) is 0 Å². The summed E-state index contributed by atoms with van der Waals surface area (Å²) < 4.78 is 0. The number of aromatic nitrogens is 4. The van der Waals surface area contributed by atoms with E-state index >= 15 is 0 Å². The Balaban J connectivity index is 1.69. The second kappa shape index (κ2) is 6.74. The number of anilines is 3. The number of rotatable bonds is 5. The number of hydrogen-bond acceptors (Lipinski definition) is 7. The van der Waals surface area contributed by atoms with E-state index in [4.69, 9.17) is 11.6 Å². The molecule has 1 saturated heterocycles. The molecule has 1 unspecified atom stereocenters. The molecule has 2 aromatic rings. The SMILES string of the molecule is CNc1cc(N2CCCC2CNc2nccnc2Cl)ncn1. The summed E-state index contributed by atoms with van der Waals surface area (Å²) in [6, 6.07) is 2.31. The van der Waals surface area contributed by atoms with Crippen molar-refractivity contribution in [1.82, 2.24) is 19.9 Å². The molecule has 0 aliphatic carbocycles. The maximum absolute atomic E-state index is 6.02. The molecule has 0 aromatic carbocycles. The van der Waals surface area contributed by atoms with Crippen LogP contribution in [0.25, 0.3) is 0 Å².